The molecule has 0 radical (unpaired) electrons. The normalized spacial score (nSPS) is 19.6. The van der Waals surface area contributed by atoms with Crippen molar-refractivity contribution in [3.8, 4) is 0 Å². The van der Waals surface area contributed by atoms with Gasteiger partial charge in [-0.25, -0.2) is 4.39 Å². The Balaban J connectivity index is 1.87. The first-order chi connectivity index (χ1) is 10.6. The van der Waals surface area contributed by atoms with Gasteiger partial charge in [-0.2, -0.15) is 0 Å². The quantitative estimate of drug-likeness (QED) is 0.621. The predicted octanol–water partition coefficient (Wildman–Crippen LogP) is 2.32. The van der Waals surface area contributed by atoms with Crippen molar-refractivity contribution in [3.63, 3.8) is 0 Å². The number of nitrogens with zero attached hydrogens (tertiary/aromatic N) is 2. The maximum absolute atomic E-state index is 13.1. The second-order valence-electron chi connectivity index (χ2n) is 5.30. The van der Waals surface area contributed by atoms with E-state index in [1.165, 1.54) is 18.6 Å². The number of benzene rings is 1. The van der Waals surface area contributed by atoms with Crippen LogP contribution in [0.15, 0.2) is 23.2 Å². The second kappa shape index (κ2) is 8.31. The highest BCUT2D eigenvalue weighted by atomic mass is 35.5. The number of likely N-dealkylation sites (tertiary alicyclic amines) is 1. The van der Waals surface area contributed by atoms with Crippen molar-refractivity contribution >= 4 is 23.2 Å². The molecule has 1 saturated heterocycles. The van der Waals surface area contributed by atoms with Crippen LogP contribution in [0.3, 0.4) is 0 Å². The van der Waals surface area contributed by atoms with Crippen molar-refractivity contribution in [1.29, 1.82) is 0 Å². The number of rotatable bonds is 6. The van der Waals surface area contributed by atoms with E-state index in [9.17, 15) is 4.39 Å². The summed E-state index contributed by atoms with van der Waals surface area (Å²) < 4.78 is 18.2. The highest BCUT2D eigenvalue weighted by Crippen LogP contribution is 2.19. The minimum absolute atomic E-state index is 0.0549. The first-order valence-electron chi connectivity index (χ1n) is 7.35. The monoisotopic (exact) mass is 328 g/mol. The number of hydrogen-bond acceptors (Lipinski definition) is 3. The summed E-state index contributed by atoms with van der Waals surface area (Å²) in [6.07, 6.45) is 2.29. The number of nitrogens with one attached hydrogen (secondary N) is 1. The van der Waals surface area contributed by atoms with Gasteiger partial charge in [-0.3, -0.25) is 9.89 Å². The van der Waals surface area contributed by atoms with E-state index in [0.29, 0.717) is 24.2 Å². The summed E-state index contributed by atoms with van der Waals surface area (Å²) >= 11 is 5.73. The minimum atomic E-state index is -0.456. The Morgan fingerprint density at radius 3 is 3.14 bits per heavy atom. The van der Waals surface area contributed by atoms with Gasteiger partial charge in [-0.15, -0.1) is 0 Å². The topological polar surface area (TPSA) is 62.9 Å². The standard InChI is InChI=1S/C15H22ClFN4O/c1-22-8-7-21-6-2-3-12(21)10-19-15(18)20-11-4-5-14(17)13(16)9-11/h4-5,9,12H,2-3,6-8,10H2,1H3,(H3,18,19,20)/t12-/m0/s1. The van der Waals surface area contributed by atoms with Crippen LogP contribution in [0.2, 0.25) is 5.02 Å². The molecule has 122 valence electrons. The molecule has 0 bridgehead atoms. The zero-order valence-corrected chi connectivity index (χ0v) is 13.4. The van der Waals surface area contributed by atoms with Gasteiger partial charge in [0.1, 0.15) is 5.82 Å². The Morgan fingerprint density at radius 1 is 1.59 bits per heavy atom. The summed E-state index contributed by atoms with van der Waals surface area (Å²) in [4.78, 5) is 6.75. The zero-order valence-electron chi connectivity index (χ0n) is 12.7. The molecule has 22 heavy (non-hydrogen) atoms. The molecule has 2 rings (SSSR count). The van der Waals surface area contributed by atoms with Crippen molar-refractivity contribution in [3.05, 3.63) is 29.0 Å². The van der Waals surface area contributed by atoms with E-state index in [0.717, 1.165) is 26.1 Å². The molecule has 3 N–H and O–H groups in total. The van der Waals surface area contributed by atoms with Gasteiger partial charge in [0.25, 0.3) is 0 Å². The van der Waals surface area contributed by atoms with Crippen LogP contribution in [-0.2, 0) is 4.74 Å². The summed E-state index contributed by atoms with van der Waals surface area (Å²) in [6, 6.07) is 4.75. The summed E-state index contributed by atoms with van der Waals surface area (Å²) in [6.45, 7) is 3.35. The van der Waals surface area contributed by atoms with E-state index >= 15 is 0 Å². The lowest BCUT2D eigenvalue weighted by atomic mass is 10.2. The lowest BCUT2D eigenvalue weighted by Crippen LogP contribution is -2.35. The van der Waals surface area contributed by atoms with Crippen LogP contribution in [0.4, 0.5) is 10.1 Å². The molecule has 5 nitrogen and oxygen atoms in total. The van der Waals surface area contributed by atoms with E-state index in [-0.39, 0.29) is 5.02 Å². The molecule has 1 fully saturated rings. The lowest BCUT2D eigenvalue weighted by Gasteiger charge is -2.22. The number of ether oxygens (including phenoxy) is 1. The number of methoxy groups -OCH3 is 1. The van der Waals surface area contributed by atoms with Crippen molar-refractivity contribution in [2.45, 2.75) is 18.9 Å². The number of guanidine groups is 1. The van der Waals surface area contributed by atoms with Crippen molar-refractivity contribution < 1.29 is 9.13 Å². The van der Waals surface area contributed by atoms with Gasteiger partial charge >= 0.3 is 0 Å². The van der Waals surface area contributed by atoms with Gasteiger partial charge in [0.05, 0.1) is 18.2 Å². The Morgan fingerprint density at radius 2 is 2.41 bits per heavy atom. The first kappa shape index (κ1) is 17.0. The Hall–Kier alpha value is -1.37. The molecule has 0 amide bonds. The van der Waals surface area contributed by atoms with Crippen molar-refractivity contribution in [1.82, 2.24) is 4.90 Å². The summed E-state index contributed by atoms with van der Waals surface area (Å²) in [7, 11) is 1.71. The SMILES string of the molecule is COCCN1CCC[C@H]1CN=C(N)Nc1ccc(F)c(Cl)c1. The Labute approximate surface area is 135 Å². The molecular weight excluding hydrogens is 307 g/mol. The average Bonchev–Trinajstić information content (AvgIpc) is 2.94. The largest absolute Gasteiger partial charge is 0.383 e. The van der Waals surface area contributed by atoms with E-state index in [2.05, 4.69) is 15.2 Å². The number of anilines is 1. The number of aliphatic imine (C=N–C) groups is 1. The molecule has 1 aromatic rings. The number of halogens is 2. The lowest BCUT2D eigenvalue weighted by molar-refractivity contribution is 0.143. The van der Waals surface area contributed by atoms with Crippen molar-refractivity contribution in [2.75, 3.05) is 38.7 Å². The molecule has 0 unspecified atom stereocenters. The third-order valence-electron chi connectivity index (χ3n) is 3.75. The molecule has 0 saturated carbocycles. The molecule has 1 aliphatic heterocycles. The predicted molar refractivity (Wildman–Crippen MR) is 88.0 cm³/mol. The molecule has 1 aromatic carbocycles. The van der Waals surface area contributed by atoms with E-state index in [4.69, 9.17) is 22.1 Å². The fraction of sp³-hybridized carbons (Fsp3) is 0.533. The maximum atomic E-state index is 13.1. The maximum Gasteiger partial charge on any atom is 0.193 e. The fourth-order valence-electron chi connectivity index (χ4n) is 2.57. The van der Waals surface area contributed by atoms with Crippen LogP contribution in [0.25, 0.3) is 0 Å². The molecule has 1 atom stereocenters. The second-order valence-corrected chi connectivity index (χ2v) is 5.71. The molecule has 0 spiro atoms. The summed E-state index contributed by atoms with van der Waals surface area (Å²) in [5, 5.41) is 2.98. The van der Waals surface area contributed by atoms with E-state index in [1.54, 1.807) is 13.2 Å². The van der Waals surface area contributed by atoms with Crippen LogP contribution in [-0.4, -0.2) is 50.3 Å². The Kier molecular flexibility index (Phi) is 6.42. The van der Waals surface area contributed by atoms with Crippen LogP contribution >= 0.6 is 11.6 Å². The van der Waals surface area contributed by atoms with Gasteiger partial charge in [0.2, 0.25) is 0 Å². The van der Waals surface area contributed by atoms with Gasteiger partial charge in [-0.1, -0.05) is 11.6 Å². The van der Waals surface area contributed by atoms with Gasteiger partial charge in [-0.05, 0) is 37.6 Å². The van der Waals surface area contributed by atoms with Gasteiger partial charge < -0.3 is 15.8 Å². The molecule has 7 heteroatoms. The van der Waals surface area contributed by atoms with Gasteiger partial charge in [0.15, 0.2) is 5.96 Å². The molecule has 1 aliphatic rings. The smallest absolute Gasteiger partial charge is 0.193 e. The molecular formula is C15H22ClFN4O. The van der Waals surface area contributed by atoms with Crippen LogP contribution in [0.5, 0.6) is 0 Å². The highest BCUT2D eigenvalue weighted by Gasteiger charge is 2.23. The molecule has 0 aliphatic carbocycles. The van der Waals surface area contributed by atoms with Crippen LogP contribution in [0, 0.1) is 5.82 Å². The highest BCUT2D eigenvalue weighted by molar-refractivity contribution is 6.31. The van der Waals surface area contributed by atoms with E-state index < -0.39 is 5.82 Å². The molecule has 1 heterocycles. The summed E-state index contributed by atoms with van der Waals surface area (Å²) in [5.41, 5.74) is 6.50. The van der Waals surface area contributed by atoms with E-state index in [1.807, 2.05) is 0 Å². The van der Waals surface area contributed by atoms with Crippen LogP contribution in [0.1, 0.15) is 12.8 Å². The number of nitrogens with two attached hydrogens (primary N) is 1. The third-order valence-corrected chi connectivity index (χ3v) is 4.04. The number of hydrogen-bond donors (Lipinski definition) is 2. The minimum Gasteiger partial charge on any atom is -0.383 e. The Bertz CT molecular complexity index is 526. The summed E-state index contributed by atoms with van der Waals surface area (Å²) in [5.74, 6) is -0.149. The van der Waals surface area contributed by atoms with Gasteiger partial charge in [0, 0.05) is 25.4 Å². The van der Waals surface area contributed by atoms with Crippen molar-refractivity contribution in [2.24, 2.45) is 10.7 Å². The van der Waals surface area contributed by atoms with Crippen LogP contribution < -0.4 is 11.1 Å². The first-order valence-corrected chi connectivity index (χ1v) is 7.73. The third kappa shape index (κ3) is 4.83. The zero-order chi connectivity index (χ0) is 15.9. The molecule has 0 aromatic heterocycles. The fourth-order valence-corrected chi connectivity index (χ4v) is 2.75. The average molecular weight is 329 g/mol.